The number of rotatable bonds is 6. The van der Waals surface area contributed by atoms with Crippen LogP contribution in [0, 0.1) is 0 Å². The van der Waals surface area contributed by atoms with Crippen LogP contribution in [0.1, 0.15) is 34.1 Å². The van der Waals surface area contributed by atoms with Crippen molar-refractivity contribution in [2.45, 2.75) is 50.9 Å². The summed E-state index contributed by atoms with van der Waals surface area (Å²) < 4.78 is 5.82. The van der Waals surface area contributed by atoms with Crippen LogP contribution in [0.2, 0.25) is 0 Å². The van der Waals surface area contributed by atoms with E-state index in [1.54, 1.807) is 7.11 Å². The first-order chi connectivity index (χ1) is 8.44. The second kappa shape index (κ2) is 7.73. The van der Waals surface area contributed by atoms with Crippen molar-refractivity contribution in [3.8, 4) is 0 Å². The zero-order valence-electron chi connectivity index (χ0n) is 12.7. The van der Waals surface area contributed by atoms with Crippen LogP contribution in [0.25, 0.3) is 0 Å². The van der Waals surface area contributed by atoms with E-state index >= 15 is 0 Å². The number of thioether (sulfide) groups is 1. The van der Waals surface area contributed by atoms with Gasteiger partial charge in [-0.05, 0) is 13.0 Å². The lowest BCUT2D eigenvalue weighted by atomic mass is 10.1. The molecule has 108 valence electrons. The van der Waals surface area contributed by atoms with Gasteiger partial charge in [-0.2, -0.15) is 11.8 Å². The maximum Gasteiger partial charge on any atom is 0.0630 e. The lowest BCUT2D eigenvalue weighted by Gasteiger charge is -2.31. The van der Waals surface area contributed by atoms with E-state index in [4.69, 9.17) is 4.74 Å². The van der Waals surface area contributed by atoms with E-state index in [9.17, 15) is 0 Å². The summed E-state index contributed by atoms with van der Waals surface area (Å²) >= 11 is 2.10. The van der Waals surface area contributed by atoms with Gasteiger partial charge in [0, 0.05) is 42.8 Å². The topological polar surface area (TPSA) is 24.5 Å². The number of methoxy groups -OCH3 is 1. The Kier molecular flexibility index (Phi) is 6.99. The molecule has 0 spiro atoms. The molecule has 4 heteroatoms. The molecule has 1 saturated heterocycles. The molecule has 3 nitrogen and oxygen atoms in total. The molecule has 0 aromatic carbocycles. The Hall–Kier alpha value is 0.230. The van der Waals surface area contributed by atoms with E-state index in [1.165, 1.54) is 25.3 Å². The SMILES string of the molecule is COCC(CNC(C)C)N1CCSC(C)(C)CC1. The summed E-state index contributed by atoms with van der Waals surface area (Å²) in [5, 5.41) is 3.54. The number of nitrogens with zero attached hydrogens (tertiary/aromatic N) is 1. The highest BCUT2D eigenvalue weighted by atomic mass is 32.2. The van der Waals surface area contributed by atoms with Gasteiger partial charge >= 0.3 is 0 Å². The molecular formula is C14H30N2OS. The molecule has 0 aromatic rings. The zero-order chi connectivity index (χ0) is 13.6. The molecule has 18 heavy (non-hydrogen) atoms. The Labute approximate surface area is 117 Å². The maximum absolute atomic E-state index is 5.39. The highest BCUT2D eigenvalue weighted by molar-refractivity contribution is 8.00. The molecule has 0 aliphatic carbocycles. The predicted molar refractivity (Wildman–Crippen MR) is 81.5 cm³/mol. The van der Waals surface area contributed by atoms with E-state index in [0.29, 0.717) is 16.8 Å². The summed E-state index contributed by atoms with van der Waals surface area (Å²) in [5.41, 5.74) is 0. The van der Waals surface area contributed by atoms with Gasteiger partial charge in [-0.3, -0.25) is 4.90 Å². The molecule has 1 rings (SSSR count). The molecule has 1 unspecified atom stereocenters. The monoisotopic (exact) mass is 274 g/mol. The third-order valence-electron chi connectivity index (χ3n) is 3.51. The van der Waals surface area contributed by atoms with Crippen molar-refractivity contribution in [1.29, 1.82) is 0 Å². The fourth-order valence-electron chi connectivity index (χ4n) is 2.26. The molecule has 1 fully saturated rings. The van der Waals surface area contributed by atoms with Gasteiger partial charge < -0.3 is 10.1 Å². The smallest absolute Gasteiger partial charge is 0.0630 e. The van der Waals surface area contributed by atoms with Crippen LogP contribution in [-0.4, -0.2) is 60.8 Å². The van der Waals surface area contributed by atoms with Crippen LogP contribution in [0.5, 0.6) is 0 Å². The Bertz CT molecular complexity index is 234. The van der Waals surface area contributed by atoms with Gasteiger partial charge in [-0.1, -0.05) is 27.7 Å². The van der Waals surface area contributed by atoms with Crippen molar-refractivity contribution >= 4 is 11.8 Å². The third-order valence-corrected chi connectivity index (χ3v) is 4.88. The van der Waals surface area contributed by atoms with Gasteiger partial charge in [0.15, 0.2) is 0 Å². The standard InChI is InChI=1S/C14H30N2OS/c1-12(2)15-10-13(11-17-5)16-7-6-14(3,4)18-9-8-16/h12-13,15H,6-11H2,1-5H3. The van der Waals surface area contributed by atoms with Gasteiger partial charge in [-0.25, -0.2) is 0 Å². The lowest BCUT2D eigenvalue weighted by Crippen LogP contribution is -2.47. The highest BCUT2D eigenvalue weighted by Gasteiger charge is 2.27. The van der Waals surface area contributed by atoms with Gasteiger partial charge in [0.25, 0.3) is 0 Å². The summed E-state index contributed by atoms with van der Waals surface area (Å²) in [4.78, 5) is 2.60. The third kappa shape index (κ3) is 5.91. The second-order valence-corrected chi connectivity index (χ2v) is 7.87. The minimum absolute atomic E-state index is 0.428. The first-order valence-electron chi connectivity index (χ1n) is 7.05. The average molecular weight is 274 g/mol. The second-order valence-electron chi connectivity index (χ2n) is 6.07. The van der Waals surface area contributed by atoms with Gasteiger partial charge in [0.2, 0.25) is 0 Å². The molecule has 1 aliphatic heterocycles. The summed E-state index contributed by atoms with van der Waals surface area (Å²) in [6.45, 7) is 13.3. The molecule has 1 atom stereocenters. The fraction of sp³-hybridized carbons (Fsp3) is 1.00. The van der Waals surface area contributed by atoms with E-state index in [1.807, 2.05) is 0 Å². The van der Waals surface area contributed by atoms with Crippen LogP contribution < -0.4 is 5.32 Å². The van der Waals surface area contributed by atoms with Crippen LogP contribution in [0.3, 0.4) is 0 Å². The lowest BCUT2D eigenvalue weighted by molar-refractivity contribution is 0.0911. The number of nitrogens with one attached hydrogen (secondary N) is 1. The fourth-order valence-corrected chi connectivity index (χ4v) is 3.37. The van der Waals surface area contributed by atoms with E-state index < -0.39 is 0 Å². The number of hydrogen-bond donors (Lipinski definition) is 1. The minimum atomic E-state index is 0.428. The average Bonchev–Trinajstić information content (AvgIpc) is 2.45. The predicted octanol–water partition coefficient (Wildman–Crippen LogP) is 2.22. The molecule has 0 saturated carbocycles. The van der Waals surface area contributed by atoms with Crippen LogP contribution in [0.15, 0.2) is 0 Å². The van der Waals surface area contributed by atoms with Crippen molar-refractivity contribution in [3.05, 3.63) is 0 Å². The highest BCUT2D eigenvalue weighted by Crippen LogP contribution is 2.31. The molecular weight excluding hydrogens is 244 g/mol. The Balaban J connectivity index is 2.50. The number of hydrogen-bond acceptors (Lipinski definition) is 4. The summed E-state index contributed by atoms with van der Waals surface area (Å²) in [5.74, 6) is 1.23. The van der Waals surface area contributed by atoms with Crippen LogP contribution >= 0.6 is 11.8 Å². The van der Waals surface area contributed by atoms with E-state index in [2.05, 4.69) is 49.7 Å². The molecule has 0 radical (unpaired) electrons. The normalized spacial score (nSPS) is 23.0. The molecule has 0 aromatic heterocycles. The van der Waals surface area contributed by atoms with Crippen molar-refractivity contribution in [2.24, 2.45) is 0 Å². The van der Waals surface area contributed by atoms with Crippen LogP contribution in [-0.2, 0) is 4.74 Å². The van der Waals surface area contributed by atoms with Crippen molar-refractivity contribution in [3.63, 3.8) is 0 Å². The Morgan fingerprint density at radius 3 is 2.67 bits per heavy atom. The summed E-state index contributed by atoms with van der Waals surface area (Å²) in [7, 11) is 1.80. The van der Waals surface area contributed by atoms with Gasteiger partial charge in [0.05, 0.1) is 6.61 Å². The minimum Gasteiger partial charge on any atom is -0.383 e. The molecule has 0 bridgehead atoms. The Morgan fingerprint density at radius 1 is 1.33 bits per heavy atom. The Morgan fingerprint density at radius 2 is 2.06 bits per heavy atom. The zero-order valence-corrected chi connectivity index (χ0v) is 13.5. The van der Waals surface area contributed by atoms with Crippen molar-refractivity contribution < 1.29 is 4.74 Å². The summed E-state index contributed by atoms with van der Waals surface area (Å²) in [6, 6.07) is 1.05. The van der Waals surface area contributed by atoms with Crippen LogP contribution in [0.4, 0.5) is 0 Å². The molecule has 0 amide bonds. The first kappa shape index (κ1) is 16.3. The van der Waals surface area contributed by atoms with E-state index in [-0.39, 0.29) is 0 Å². The number of ether oxygens (including phenoxy) is 1. The quantitative estimate of drug-likeness (QED) is 0.803. The molecule has 1 N–H and O–H groups in total. The van der Waals surface area contributed by atoms with Crippen molar-refractivity contribution in [1.82, 2.24) is 10.2 Å². The molecule has 1 heterocycles. The largest absolute Gasteiger partial charge is 0.383 e. The molecule has 1 aliphatic rings. The van der Waals surface area contributed by atoms with Crippen molar-refractivity contribution in [2.75, 3.05) is 39.1 Å². The van der Waals surface area contributed by atoms with E-state index in [0.717, 1.165) is 13.2 Å². The maximum atomic E-state index is 5.39. The summed E-state index contributed by atoms with van der Waals surface area (Å²) in [6.07, 6.45) is 1.26. The van der Waals surface area contributed by atoms with Gasteiger partial charge in [-0.15, -0.1) is 0 Å². The first-order valence-corrected chi connectivity index (χ1v) is 8.03. The van der Waals surface area contributed by atoms with Gasteiger partial charge in [0.1, 0.15) is 0 Å².